The first-order valence-corrected chi connectivity index (χ1v) is 7.20. The van der Waals surface area contributed by atoms with Gasteiger partial charge in [-0.05, 0) is 42.8 Å². The standard InChI is InChI=1S/C16H17BrFNO/c1-11(15-9-14(18)7-8-16(15)20-2)19-10-12-3-5-13(17)6-4-12/h3-9,11,19H,10H2,1-2H3. The van der Waals surface area contributed by atoms with Crippen LogP contribution < -0.4 is 10.1 Å². The lowest BCUT2D eigenvalue weighted by molar-refractivity contribution is 0.399. The molecule has 106 valence electrons. The quantitative estimate of drug-likeness (QED) is 0.870. The number of methoxy groups -OCH3 is 1. The normalized spacial score (nSPS) is 12.2. The zero-order valence-corrected chi connectivity index (χ0v) is 13.1. The van der Waals surface area contributed by atoms with E-state index in [1.807, 2.05) is 31.2 Å². The fourth-order valence-electron chi connectivity index (χ4n) is 2.03. The third-order valence-corrected chi connectivity index (χ3v) is 3.71. The lowest BCUT2D eigenvalue weighted by Gasteiger charge is -2.17. The van der Waals surface area contributed by atoms with Gasteiger partial charge in [0, 0.05) is 22.6 Å². The molecule has 0 heterocycles. The Morgan fingerprint density at radius 2 is 1.90 bits per heavy atom. The van der Waals surface area contributed by atoms with Crippen LogP contribution in [-0.2, 0) is 6.54 Å². The Balaban J connectivity index is 2.06. The van der Waals surface area contributed by atoms with Crippen molar-refractivity contribution in [2.24, 2.45) is 0 Å². The van der Waals surface area contributed by atoms with E-state index in [2.05, 4.69) is 21.2 Å². The Morgan fingerprint density at radius 3 is 2.55 bits per heavy atom. The zero-order valence-electron chi connectivity index (χ0n) is 11.5. The third kappa shape index (κ3) is 3.81. The molecular weight excluding hydrogens is 321 g/mol. The molecular formula is C16H17BrFNO. The summed E-state index contributed by atoms with van der Waals surface area (Å²) in [4.78, 5) is 0. The van der Waals surface area contributed by atoms with E-state index in [1.165, 1.54) is 17.7 Å². The summed E-state index contributed by atoms with van der Waals surface area (Å²) in [6, 6.07) is 12.7. The first-order chi connectivity index (χ1) is 9.60. The van der Waals surface area contributed by atoms with Crippen molar-refractivity contribution < 1.29 is 9.13 Å². The van der Waals surface area contributed by atoms with E-state index < -0.39 is 0 Å². The number of hydrogen-bond donors (Lipinski definition) is 1. The lowest BCUT2D eigenvalue weighted by Crippen LogP contribution is -2.18. The van der Waals surface area contributed by atoms with Crippen LogP contribution in [0.4, 0.5) is 4.39 Å². The lowest BCUT2D eigenvalue weighted by atomic mass is 10.1. The summed E-state index contributed by atoms with van der Waals surface area (Å²) in [5.74, 6) is 0.445. The highest BCUT2D eigenvalue weighted by molar-refractivity contribution is 9.10. The van der Waals surface area contributed by atoms with Gasteiger partial charge in [-0.2, -0.15) is 0 Å². The Morgan fingerprint density at radius 1 is 1.20 bits per heavy atom. The van der Waals surface area contributed by atoms with Gasteiger partial charge in [0.25, 0.3) is 0 Å². The molecule has 0 radical (unpaired) electrons. The molecule has 2 aromatic rings. The SMILES string of the molecule is COc1ccc(F)cc1C(C)NCc1ccc(Br)cc1. The van der Waals surface area contributed by atoms with Crippen LogP contribution in [-0.4, -0.2) is 7.11 Å². The van der Waals surface area contributed by atoms with E-state index in [0.717, 1.165) is 10.0 Å². The smallest absolute Gasteiger partial charge is 0.123 e. The molecule has 0 fully saturated rings. The Kier molecular flexibility index (Phi) is 5.15. The Bertz CT molecular complexity index is 571. The predicted molar refractivity (Wildman–Crippen MR) is 82.3 cm³/mol. The molecule has 0 aliphatic heterocycles. The van der Waals surface area contributed by atoms with Gasteiger partial charge in [-0.3, -0.25) is 0 Å². The van der Waals surface area contributed by atoms with Crippen molar-refractivity contribution in [3.05, 3.63) is 63.9 Å². The van der Waals surface area contributed by atoms with Crippen molar-refractivity contribution in [3.63, 3.8) is 0 Å². The summed E-state index contributed by atoms with van der Waals surface area (Å²) in [6.45, 7) is 2.71. The van der Waals surface area contributed by atoms with Gasteiger partial charge in [-0.15, -0.1) is 0 Å². The summed E-state index contributed by atoms with van der Waals surface area (Å²) < 4.78 is 19.7. The van der Waals surface area contributed by atoms with Crippen LogP contribution in [0.2, 0.25) is 0 Å². The van der Waals surface area contributed by atoms with E-state index in [1.54, 1.807) is 13.2 Å². The Hall–Kier alpha value is -1.39. The van der Waals surface area contributed by atoms with Crippen LogP contribution >= 0.6 is 15.9 Å². The van der Waals surface area contributed by atoms with E-state index in [4.69, 9.17) is 4.74 Å². The van der Waals surface area contributed by atoms with Gasteiger partial charge in [0.1, 0.15) is 11.6 Å². The van der Waals surface area contributed by atoms with Gasteiger partial charge in [-0.1, -0.05) is 28.1 Å². The molecule has 4 heteroatoms. The van der Waals surface area contributed by atoms with Gasteiger partial charge in [0.2, 0.25) is 0 Å². The molecule has 0 bridgehead atoms. The van der Waals surface area contributed by atoms with Crippen LogP contribution in [0.1, 0.15) is 24.1 Å². The summed E-state index contributed by atoms with van der Waals surface area (Å²) in [5, 5.41) is 3.37. The summed E-state index contributed by atoms with van der Waals surface area (Å²) in [5.41, 5.74) is 2.00. The van der Waals surface area contributed by atoms with Crippen molar-refractivity contribution in [1.29, 1.82) is 0 Å². The van der Waals surface area contributed by atoms with Crippen LogP contribution in [0.5, 0.6) is 5.75 Å². The highest BCUT2D eigenvalue weighted by atomic mass is 79.9. The molecule has 0 spiro atoms. The zero-order chi connectivity index (χ0) is 14.5. The number of nitrogens with one attached hydrogen (secondary N) is 1. The third-order valence-electron chi connectivity index (χ3n) is 3.18. The highest BCUT2D eigenvalue weighted by Gasteiger charge is 2.12. The minimum Gasteiger partial charge on any atom is -0.496 e. The summed E-state index contributed by atoms with van der Waals surface area (Å²) in [7, 11) is 1.60. The molecule has 1 unspecified atom stereocenters. The van der Waals surface area contributed by atoms with Crippen LogP contribution in [0.15, 0.2) is 46.9 Å². The van der Waals surface area contributed by atoms with E-state index >= 15 is 0 Å². The second-order valence-corrected chi connectivity index (χ2v) is 5.53. The first-order valence-electron chi connectivity index (χ1n) is 6.41. The van der Waals surface area contributed by atoms with E-state index in [9.17, 15) is 4.39 Å². The number of ether oxygens (including phenoxy) is 1. The van der Waals surface area contributed by atoms with Crippen molar-refractivity contribution in [2.75, 3.05) is 7.11 Å². The second-order valence-electron chi connectivity index (χ2n) is 4.62. The molecule has 20 heavy (non-hydrogen) atoms. The number of hydrogen-bond acceptors (Lipinski definition) is 2. The summed E-state index contributed by atoms with van der Waals surface area (Å²) in [6.07, 6.45) is 0. The largest absolute Gasteiger partial charge is 0.496 e. The molecule has 0 aromatic heterocycles. The van der Waals surface area contributed by atoms with Crippen LogP contribution in [0, 0.1) is 5.82 Å². The van der Waals surface area contributed by atoms with Crippen molar-refractivity contribution in [1.82, 2.24) is 5.32 Å². The molecule has 2 rings (SSSR count). The fourth-order valence-corrected chi connectivity index (χ4v) is 2.29. The van der Waals surface area contributed by atoms with E-state index in [-0.39, 0.29) is 11.9 Å². The molecule has 0 amide bonds. The van der Waals surface area contributed by atoms with Crippen molar-refractivity contribution in [3.8, 4) is 5.75 Å². The maximum absolute atomic E-state index is 13.4. The molecule has 2 nitrogen and oxygen atoms in total. The van der Waals surface area contributed by atoms with Gasteiger partial charge >= 0.3 is 0 Å². The van der Waals surface area contributed by atoms with Crippen molar-refractivity contribution >= 4 is 15.9 Å². The van der Waals surface area contributed by atoms with Gasteiger partial charge in [0.05, 0.1) is 7.11 Å². The Labute approximate surface area is 127 Å². The minimum atomic E-state index is -0.252. The van der Waals surface area contributed by atoms with Gasteiger partial charge < -0.3 is 10.1 Å². The molecule has 1 N–H and O–H groups in total. The first kappa shape index (κ1) is 15.0. The van der Waals surface area contributed by atoms with Crippen molar-refractivity contribution in [2.45, 2.75) is 19.5 Å². The van der Waals surface area contributed by atoms with E-state index in [0.29, 0.717) is 12.3 Å². The average Bonchev–Trinajstić information content (AvgIpc) is 2.46. The maximum atomic E-state index is 13.4. The average molecular weight is 338 g/mol. The van der Waals surface area contributed by atoms with Crippen LogP contribution in [0.3, 0.4) is 0 Å². The monoisotopic (exact) mass is 337 g/mol. The number of halogens is 2. The molecule has 2 aromatic carbocycles. The minimum absolute atomic E-state index is 0.00398. The maximum Gasteiger partial charge on any atom is 0.123 e. The number of rotatable bonds is 5. The molecule has 0 saturated heterocycles. The second kappa shape index (κ2) is 6.86. The van der Waals surface area contributed by atoms with Gasteiger partial charge in [0.15, 0.2) is 0 Å². The van der Waals surface area contributed by atoms with Gasteiger partial charge in [-0.25, -0.2) is 4.39 Å². The van der Waals surface area contributed by atoms with Crippen LogP contribution in [0.25, 0.3) is 0 Å². The molecule has 0 aliphatic rings. The number of benzene rings is 2. The molecule has 1 atom stereocenters. The highest BCUT2D eigenvalue weighted by Crippen LogP contribution is 2.26. The summed E-state index contributed by atoms with van der Waals surface area (Å²) >= 11 is 3.41. The topological polar surface area (TPSA) is 21.3 Å². The predicted octanol–water partition coefficient (Wildman–Crippen LogP) is 4.45. The fraction of sp³-hybridized carbons (Fsp3) is 0.250. The molecule has 0 saturated carbocycles. The molecule has 0 aliphatic carbocycles.